The lowest BCUT2D eigenvalue weighted by Gasteiger charge is -2.19. The number of aliphatic carboxylic acids is 1. The van der Waals surface area contributed by atoms with Crippen LogP contribution in [0.25, 0.3) is 0 Å². The minimum Gasteiger partial charge on any atom is -0.485 e. The van der Waals surface area contributed by atoms with E-state index in [0.29, 0.717) is 5.89 Å². The van der Waals surface area contributed by atoms with E-state index in [-0.39, 0.29) is 23.7 Å². The average Bonchev–Trinajstić information content (AvgIpc) is 3.26. The Morgan fingerprint density at radius 2 is 2.04 bits per heavy atom. The number of aryl methyl sites for hydroxylation is 1. The van der Waals surface area contributed by atoms with Crippen molar-refractivity contribution in [3.05, 3.63) is 41.5 Å². The van der Waals surface area contributed by atoms with Crippen molar-refractivity contribution in [1.29, 1.82) is 0 Å². The third-order valence-electron chi connectivity index (χ3n) is 4.39. The summed E-state index contributed by atoms with van der Waals surface area (Å²) >= 11 is 0. The van der Waals surface area contributed by atoms with Crippen LogP contribution in [0.4, 0.5) is 13.2 Å². The molecule has 0 aliphatic carbocycles. The van der Waals surface area contributed by atoms with Crippen molar-refractivity contribution in [3.63, 3.8) is 0 Å². The summed E-state index contributed by atoms with van der Waals surface area (Å²) in [5, 5.41) is 12.8. The highest BCUT2D eigenvalue weighted by atomic mass is 19.4. The van der Waals surface area contributed by atoms with Crippen LogP contribution in [0.15, 0.2) is 28.8 Å². The number of rotatable bonds is 5. The molecule has 150 valence electrons. The summed E-state index contributed by atoms with van der Waals surface area (Å²) in [5.41, 5.74) is 0.0229. The molecule has 2 aromatic rings. The number of aromatic nitrogens is 2. The Morgan fingerprint density at radius 3 is 2.61 bits per heavy atom. The molecular weight excluding hydrogens is 383 g/mol. The van der Waals surface area contributed by atoms with Gasteiger partial charge in [0.1, 0.15) is 5.75 Å². The number of hydrogen-bond donors (Lipinski definition) is 1. The number of likely N-dealkylation sites (tertiary alicyclic amines) is 1. The normalized spacial score (nSPS) is 19.6. The third kappa shape index (κ3) is 4.07. The molecule has 0 bridgehead atoms. The Morgan fingerprint density at radius 1 is 1.32 bits per heavy atom. The Balaban J connectivity index is 1.78. The molecule has 0 spiro atoms. The molecule has 2 heterocycles. The van der Waals surface area contributed by atoms with Crippen LogP contribution < -0.4 is 4.74 Å². The second kappa shape index (κ2) is 7.49. The molecule has 1 aliphatic heterocycles. The van der Waals surface area contributed by atoms with Crippen LogP contribution >= 0.6 is 0 Å². The fourth-order valence-corrected chi connectivity index (χ4v) is 3.03. The highest BCUT2D eigenvalue weighted by Crippen LogP contribution is 2.38. The van der Waals surface area contributed by atoms with Crippen LogP contribution in [-0.4, -0.2) is 51.3 Å². The van der Waals surface area contributed by atoms with Crippen LogP contribution in [0, 0.1) is 18.8 Å². The van der Waals surface area contributed by atoms with Crippen molar-refractivity contribution in [1.82, 2.24) is 15.0 Å². The minimum absolute atomic E-state index is 0.0229. The van der Waals surface area contributed by atoms with E-state index in [4.69, 9.17) is 14.4 Å². The fraction of sp³-hybridized carbons (Fsp3) is 0.412. The molecule has 8 nitrogen and oxygen atoms in total. The number of hydrogen-bond acceptors (Lipinski definition) is 6. The predicted molar refractivity (Wildman–Crippen MR) is 86.4 cm³/mol. The van der Waals surface area contributed by atoms with Crippen LogP contribution in [-0.2, 0) is 11.4 Å². The molecule has 0 unspecified atom stereocenters. The zero-order valence-electron chi connectivity index (χ0n) is 14.6. The monoisotopic (exact) mass is 399 g/mol. The van der Waals surface area contributed by atoms with E-state index < -0.39 is 43.0 Å². The maximum absolute atomic E-state index is 13.2. The Bertz CT molecular complexity index is 883. The zero-order chi connectivity index (χ0) is 20.5. The van der Waals surface area contributed by atoms with Crippen molar-refractivity contribution in [2.45, 2.75) is 19.7 Å². The highest BCUT2D eigenvalue weighted by Gasteiger charge is 2.53. The molecule has 1 fully saturated rings. The van der Waals surface area contributed by atoms with Gasteiger partial charge in [-0.1, -0.05) is 17.3 Å². The number of alkyl halides is 3. The average molecular weight is 399 g/mol. The summed E-state index contributed by atoms with van der Waals surface area (Å²) in [6.07, 6.45) is -4.72. The molecule has 1 aromatic heterocycles. The quantitative estimate of drug-likeness (QED) is 0.822. The summed E-state index contributed by atoms with van der Waals surface area (Å²) in [7, 11) is 0. The van der Waals surface area contributed by atoms with E-state index in [1.165, 1.54) is 18.2 Å². The van der Waals surface area contributed by atoms with Crippen molar-refractivity contribution < 1.29 is 37.1 Å². The Kier molecular flexibility index (Phi) is 5.25. The van der Waals surface area contributed by atoms with Crippen molar-refractivity contribution in [2.75, 3.05) is 13.1 Å². The number of nitrogens with zero attached hydrogens (tertiary/aromatic N) is 3. The van der Waals surface area contributed by atoms with Gasteiger partial charge in [-0.05, 0) is 12.1 Å². The number of benzene rings is 1. The second-order valence-corrected chi connectivity index (χ2v) is 6.32. The SMILES string of the molecule is Cc1nc(COc2ccccc2C(=O)N2C[C@@H](C(F)(F)F)[C@H](C(=O)O)C2)no1. The number of carboxylic acid groups (broad SMARTS) is 1. The second-order valence-electron chi connectivity index (χ2n) is 6.32. The van der Waals surface area contributed by atoms with E-state index >= 15 is 0 Å². The summed E-state index contributed by atoms with van der Waals surface area (Å²) in [6.45, 7) is 0.232. The van der Waals surface area contributed by atoms with Crippen LogP contribution in [0.3, 0.4) is 0 Å². The maximum atomic E-state index is 13.2. The van der Waals surface area contributed by atoms with E-state index in [2.05, 4.69) is 10.1 Å². The minimum atomic E-state index is -4.72. The standard InChI is InChI=1S/C17H16F3N3O5/c1-9-21-14(22-28-9)8-27-13-5-3-2-4-10(13)15(24)23-6-11(16(25)26)12(7-23)17(18,19)20/h2-5,11-12H,6-8H2,1H3,(H,25,26)/t11-,12-/m1/s1. The Hall–Kier alpha value is -3.11. The molecule has 1 aromatic carbocycles. The van der Waals surface area contributed by atoms with Gasteiger partial charge in [-0.2, -0.15) is 18.2 Å². The van der Waals surface area contributed by atoms with E-state index in [1.54, 1.807) is 13.0 Å². The largest absolute Gasteiger partial charge is 0.485 e. The zero-order valence-corrected chi connectivity index (χ0v) is 14.6. The molecule has 0 radical (unpaired) electrons. The van der Waals surface area contributed by atoms with Crippen LogP contribution in [0.2, 0.25) is 0 Å². The number of halogens is 3. The first kappa shape index (κ1) is 19.6. The smallest absolute Gasteiger partial charge is 0.394 e. The van der Waals surface area contributed by atoms with Gasteiger partial charge in [0.05, 0.1) is 17.4 Å². The van der Waals surface area contributed by atoms with Gasteiger partial charge in [-0.3, -0.25) is 9.59 Å². The van der Waals surface area contributed by atoms with Gasteiger partial charge < -0.3 is 19.3 Å². The number of carbonyl (C=O) groups is 2. The lowest BCUT2D eigenvalue weighted by Crippen LogP contribution is -2.34. The first-order valence-electron chi connectivity index (χ1n) is 8.26. The van der Waals surface area contributed by atoms with Gasteiger partial charge in [0.15, 0.2) is 6.61 Å². The molecule has 1 amide bonds. The van der Waals surface area contributed by atoms with Gasteiger partial charge >= 0.3 is 12.1 Å². The summed E-state index contributed by atoms with van der Waals surface area (Å²) in [5.74, 6) is -5.46. The number of para-hydroxylation sites is 1. The molecular formula is C17H16F3N3O5. The molecule has 1 aliphatic rings. The van der Waals surface area contributed by atoms with Crippen LogP contribution in [0.1, 0.15) is 22.1 Å². The third-order valence-corrected chi connectivity index (χ3v) is 4.39. The molecule has 1 N–H and O–H groups in total. The number of carboxylic acids is 1. The first-order chi connectivity index (χ1) is 13.2. The Labute approximate surface area is 156 Å². The lowest BCUT2D eigenvalue weighted by molar-refractivity contribution is -0.187. The van der Waals surface area contributed by atoms with Gasteiger partial charge in [-0.15, -0.1) is 0 Å². The highest BCUT2D eigenvalue weighted by molar-refractivity contribution is 5.97. The van der Waals surface area contributed by atoms with Gasteiger partial charge in [0, 0.05) is 20.0 Å². The lowest BCUT2D eigenvalue weighted by atomic mass is 9.96. The number of carbonyl (C=O) groups excluding carboxylic acids is 1. The predicted octanol–water partition coefficient (Wildman–Crippen LogP) is 2.29. The van der Waals surface area contributed by atoms with E-state index in [0.717, 1.165) is 4.90 Å². The van der Waals surface area contributed by atoms with Crippen molar-refractivity contribution in [2.24, 2.45) is 11.8 Å². The van der Waals surface area contributed by atoms with Gasteiger partial charge in [-0.25, -0.2) is 0 Å². The molecule has 28 heavy (non-hydrogen) atoms. The summed E-state index contributed by atoms with van der Waals surface area (Å²) < 4.78 is 49.8. The maximum Gasteiger partial charge on any atom is 0.394 e. The van der Waals surface area contributed by atoms with Gasteiger partial charge in [0.25, 0.3) is 5.91 Å². The summed E-state index contributed by atoms with van der Waals surface area (Å²) in [4.78, 5) is 28.8. The van der Waals surface area contributed by atoms with Gasteiger partial charge in [0.2, 0.25) is 11.7 Å². The first-order valence-corrected chi connectivity index (χ1v) is 8.26. The van der Waals surface area contributed by atoms with Crippen molar-refractivity contribution in [3.8, 4) is 5.75 Å². The molecule has 3 rings (SSSR count). The number of amides is 1. The fourth-order valence-electron chi connectivity index (χ4n) is 3.03. The van der Waals surface area contributed by atoms with Crippen LogP contribution in [0.5, 0.6) is 5.75 Å². The molecule has 11 heteroatoms. The molecule has 0 saturated carbocycles. The van der Waals surface area contributed by atoms with E-state index in [9.17, 15) is 22.8 Å². The van der Waals surface area contributed by atoms with E-state index in [1.807, 2.05) is 0 Å². The topological polar surface area (TPSA) is 106 Å². The number of ether oxygens (including phenoxy) is 1. The molecule has 1 saturated heterocycles. The van der Waals surface area contributed by atoms with Crippen molar-refractivity contribution >= 4 is 11.9 Å². The summed E-state index contributed by atoms with van der Waals surface area (Å²) in [6, 6.07) is 6.00. The molecule has 2 atom stereocenters.